The summed E-state index contributed by atoms with van der Waals surface area (Å²) in [6.07, 6.45) is 0.221. The van der Waals surface area contributed by atoms with Crippen LogP contribution in [0.25, 0.3) is 10.6 Å². The van der Waals surface area contributed by atoms with Gasteiger partial charge >= 0.3 is 0 Å². The Balaban J connectivity index is 1.50. The number of thiazole rings is 1. The molecule has 5 heteroatoms. The molecular formula is C24H21N3OS. The molecule has 0 fully saturated rings. The van der Waals surface area contributed by atoms with E-state index in [4.69, 9.17) is 0 Å². The zero-order chi connectivity index (χ0) is 20.1. The highest BCUT2D eigenvalue weighted by Crippen LogP contribution is 2.25. The molecule has 1 aromatic heterocycles. The van der Waals surface area contributed by atoms with E-state index in [2.05, 4.69) is 29.5 Å². The molecule has 1 N–H and O–H groups in total. The van der Waals surface area contributed by atoms with Gasteiger partial charge in [0.2, 0.25) is 5.91 Å². The second kappa shape index (κ2) is 8.71. The number of benzene rings is 3. The van der Waals surface area contributed by atoms with Crippen molar-refractivity contribution in [3.05, 3.63) is 102 Å². The summed E-state index contributed by atoms with van der Waals surface area (Å²) in [6.45, 7) is 2.06. The van der Waals surface area contributed by atoms with Gasteiger partial charge in [-0.2, -0.15) is 0 Å². The Hall–Kier alpha value is -3.44. The first-order valence-electron chi connectivity index (χ1n) is 9.40. The highest BCUT2D eigenvalue weighted by molar-refractivity contribution is 7.13. The van der Waals surface area contributed by atoms with Crippen LogP contribution in [0.2, 0.25) is 0 Å². The lowest BCUT2D eigenvalue weighted by molar-refractivity contribution is -0.120. The van der Waals surface area contributed by atoms with Gasteiger partial charge in [0.05, 0.1) is 23.5 Å². The Morgan fingerprint density at radius 3 is 2.21 bits per heavy atom. The average Bonchev–Trinajstić information content (AvgIpc) is 3.22. The van der Waals surface area contributed by atoms with Crippen molar-refractivity contribution in [2.24, 2.45) is 0 Å². The number of anilines is 2. The van der Waals surface area contributed by atoms with Crippen LogP contribution in [0.15, 0.2) is 90.3 Å². The fourth-order valence-electron chi connectivity index (χ4n) is 3.06. The normalized spacial score (nSPS) is 10.5. The number of hydrogen-bond donors (Lipinski definition) is 1. The van der Waals surface area contributed by atoms with Crippen molar-refractivity contribution in [2.75, 3.05) is 5.01 Å². The van der Waals surface area contributed by atoms with Gasteiger partial charge in [-0.1, -0.05) is 60.2 Å². The van der Waals surface area contributed by atoms with E-state index in [0.29, 0.717) is 0 Å². The number of carbonyl (C=O) groups is 1. The minimum absolute atomic E-state index is 0.112. The zero-order valence-electron chi connectivity index (χ0n) is 16.1. The lowest BCUT2D eigenvalue weighted by Crippen LogP contribution is -2.39. The SMILES string of the molecule is Cc1cccc(-c2nc(CC(=O)NN(c3ccccc3)c3ccccc3)cs2)c1. The maximum Gasteiger partial charge on any atom is 0.244 e. The largest absolute Gasteiger partial charge is 0.273 e. The summed E-state index contributed by atoms with van der Waals surface area (Å²) in [5.41, 5.74) is 7.85. The number of hydrogen-bond acceptors (Lipinski definition) is 4. The summed E-state index contributed by atoms with van der Waals surface area (Å²) in [7, 11) is 0. The third kappa shape index (κ3) is 4.70. The van der Waals surface area contributed by atoms with Crippen molar-refractivity contribution in [1.82, 2.24) is 10.4 Å². The van der Waals surface area contributed by atoms with Crippen molar-refractivity contribution < 1.29 is 4.79 Å². The molecule has 4 nitrogen and oxygen atoms in total. The molecule has 0 bridgehead atoms. The average molecular weight is 400 g/mol. The molecule has 4 aromatic rings. The molecule has 3 aromatic carbocycles. The monoisotopic (exact) mass is 399 g/mol. The van der Waals surface area contributed by atoms with Crippen LogP contribution in [0.1, 0.15) is 11.3 Å². The highest BCUT2D eigenvalue weighted by atomic mass is 32.1. The van der Waals surface area contributed by atoms with Crippen molar-refractivity contribution in [2.45, 2.75) is 13.3 Å². The quantitative estimate of drug-likeness (QED) is 0.434. The number of para-hydroxylation sites is 2. The molecule has 144 valence electrons. The van der Waals surface area contributed by atoms with Gasteiger partial charge in [0.1, 0.15) is 5.01 Å². The number of carbonyl (C=O) groups excluding carboxylic acids is 1. The second-order valence-electron chi connectivity index (χ2n) is 6.73. The Bertz CT molecular complexity index is 1050. The van der Waals surface area contributed by atoms with E-state index < -0.39 is 0 Å². The van der Waals surface area contributed by atoms with E-state index in [9.17, 15) is 4.79 Å². The van der Waals surface area contributed by atoms with Crippen molar-refractivity contribution in [3.8, 4) is 10.6 Å². The number of aryl methyl sites for hydroxylation is 1. The lowest BCUT2D eigenvalue weighted by Gasteiger charge is -2.25. The highest BCUT2D eigenvalue weighted by Gasteiger charge is 2.14. The number of nitrogens with zero attached hydrogens (tertiary/aromatic N) is 2. The predicted molar refractivity (Wildman–Crippen MR) is 119 cm³/mol. The van der Waals surface area contributed by atoms with E-state index >= 15 is 0 Å². The summed E-state index contributed by atoms with van der Waals surface area (Å²) in [5, 5.41) is 4.68. The number of amides is 1. The number of aromatic nitrogens is 1. The number of rotatable bonds is 6. The van der Waals surface area contributed by atoms with Gasteiger partial charge in [-0.25, -0.2) is 4.98 Å². The van der Waals surface area contributed by atoms with Crippen LogP contribution < -0.4 is 10.4 Å². The first-order chi connectivity index (χ1) is 14.2. The second-order valence-corrected chi connectivity index (χ2v) is 7.59. The van der Waals surface area contributed by atoms with Crippen LogP contribution in [0.4, 0.5) is 11.4 Å². The van der Waals surface area contributed by atoms with E-state index in [1.807, 2.05) is 78.2 Å². The van der Waals surface area contributed by atoms with Gasteiger partial charge < -0.3 is 0 Å². The third-order valence-corrected chi connectivity index (χ3v) is 5.36. The van der Waals surface area contributed by atoms with Crippen LogP contribution in [0.3, 0.4) is 0 Å². The third-order valence-electron chi connectivity index (χ3n) is 4.42. The molecule has 0 spiro atoms. The van der Waals surface area contributed by atoms with E-state index in [1.165, 1.54) is 5.56 Å². The standard InChI is InChI=1S/C24H21N3OS/c1-18-9-8-10-19(15-18)24-25-20(17-29-24)16-23(28)26-27(21-11-4-2-5-12-21)22-13-6-3-7-14-22/h2-15,17H,16H2,1H3,(H,26,28). The topological polar surface area (TPSA) is 45.2 Å². The maximum absolute atomic E-state index is 12.8. The molecule has 1 amide bonds. The first-order valence-corrected chi connectivity index (χ1v) is 10.3. The van der Waals surface area contributed by atoms with Gasteiger partial charge in [-0.05, 0) is 37.3 Å². The Morgan fingerprint density at radius 2 is 1.59 bits per heavy atom. The Morgan fingerprint density at radius 1 is 0.931 bits per heavy atom. The van der Waals surface area contributed by atoms with Crippen molar-refractivity contribution in [1.29, 1.82) is 0 Å². The number of hydrazine groups is 1. The van der Waals surface area contributed by atoms with E-state index in [1.54, 1.807) is 16.3 Å². The van der Waals surface area contributed by atoms with Gasteiger partial charge in [-0.3, -0.25) is 15.2 Å². The number of nitrogens with one attached hydrogen (secondary N) is 1. The summed E-state index contributed by atoms with van der Waals surface area (Å²) < 4.78 is 0. The fourth-order valence-corrected chi connectivity index (χ4v) is 3.88. The Kier molecular flexibility index (Phi) is 5.68. The van der Waals surface area contributed by atoms with Crippen LogP contribution in [0.5, 0.6) is 0 Å². The zero-order valence-corrected chi connectivity index (χ0v) is 16.9. The molecule has 0 saturated heterocycles. The van der Waals surface area contributed by atoms with E-state index in [0.717, 1.165) is 27.6 Å². The van der Waals surface area contributed by atoms with Crippen LogP contribution in [-0.2, 0) is 11.2 Å². The molecule has 0 atom stereocenters. The predicted octanol–water partition coefficient (Wildman–Crippen LogP) is 5.53. The Labute approximate surface area is 174 Å². The molecule has 0 aliphatic rings. The molecule has 1 heterocycles. The van der Waals surface area contributed by atoms with E-state index in [-0.39, 0.29) is 12.3 Å². The summed E-state index contributed by atoms with van der Waals surface area (Å²) >= 11 is 1.56. The summed E-state index contributed by atoms with van der Waals surface area (Å²) in [6, 6.07) is 27.8. The van der Waals surface area contributed by atoms with Gasteiger partial charge in [-0.15, -0.1) is 11.3 Å². The van der Waals surface area contributed by atoms with Crippen LogP contribution in [0, 0.1) is 6.92 Å². The molecule has 0 aliphatic heterocycles. The van der Waals surface area contributed by atoms with Crippen molar-refractivity contribution in [3.63, 3.8) is 0 Å². The van der Waals surface area contributed by atoms with Crippen LogP contribution >= 0.6 is 11.3 Å². The van der Waals surface area contributed by atoms with Crippen molar-refractivity contribution >= 4 is 28.6 Å². The minimum Gasteiger partial charge on any atom is -0.273 e. The summed E-state index contributed by atoms with van der Waals surface area (Å²) in [5.74, 6) is -0.112. The molecule has 0 radical (unpaired) electrons. The maximum atomic E-state index is 12.8. The van der Waals surface area contributed by atoms with Gasteiger partial charge in [0.15, 0.2) is 0 Å². The van der Waals surface area contributed by atoms with Gasteiger partial charge in [0, 0.05) is 10.9 Å². The molecule has 0 saturated carbocycles. The molecule has 0 aliphatic carbocycles. The first kappa shape index (κ1) is 18.9. The minimum atomic E-state index is -0.112. The van der Waals surface area contributed by atoms with Crippen LogP contribution in [-0.4, -0.2) is 10.9 Å². The summed E-state index contributed by atoms with van der Waals surface area (Å²) in [4.78, 5) is 17.4. The molecule has 4 rings (SSSR count). The van der Waals surface area contributed by atoms with Gasteiger partial charge in [0.25, 0.3) is 0 Å². The fraction of sp³-hybridized carbons (Fsp3) is 0.0833. The lowest BCUT2D eigenvalue weighted by atomic mass is 10.1. The molecular weight excluding hydrogens is 378 g/mol. The smallest absolute Gasteiger partial charge is 0.244 e. The molecule has 29 heavy (non-hydrogen) atoms. The molecule has 0 unspecified atom stereocenters.